The molecule has 0 spiro atoms. The lowest BCUT2D eigenvalue weighted by molar-refractivity contribution is -0.137. The van der Waals surface area contributed by atoms with Crippen LogP contribution in [0.1, 0.15) is 29.8 Å². The van der Waals surface area contributed by atoms with Gasteiger partial charge in [-0.05, 0) is 36.2 Å². The van der Waals surface area contributed by atoms with Crippen molar-refractivity contribution in [3.05, 3.63) is 59.0 Å². The van der Waals surface area contributed by atoms with Gasteiger partial charge in [-0.25, -0.2) is 19.7 Å². The number of anilines is 5. The van der Waals surface area contributed by atoms with E-state index in [-0.39, 0.29) is 34.1 Å². The molecule has 2 aromatic heterocycles. The first-order chi connectivity index (χ1) is 15.5. The number of ether oxygens (including phenoxy) is 1. The molecule has 0 saturated heterocycles. The van der Waals surface area contributed by atoms with Gasteiger partial charge in [0, 0.05) is 11.9 Å². The van der Waals surface area contributed by atoms with Gasteiger partial charge in [-0.15, -0.1) is 0 Å². The maximum atomic E-state index is 12.8. The molecule has 2 heterocycles. The highest BCUT2D eigenvalue weighted by Crippen LogP contribution is 2.34. The fourth-order valence-electron chi connectivity index (χ4n) is 2.54. The van der Waals surface area contributed by atoms with Crippen LogP contribution in [-0.4, -0.2) is 27.5 Å². The molecule has 0 amide bonds. The summed E-state index contributed by atoms with van der Waals surface area (Å²) in [5.74, 6) is 0.0711. The summed E-state index contributed by atoms with van der Waals surface area (Å²) in [5, 5.41) is 5.44. The van der Waals surface area contributed by atoms with E-state index >= 15 is 0 Å². The molecule has 33 heavy (non-hydrogen) atoms. The van der Waals surface area contributed by atoms with Crippen molar-refractivity contribution in [1.29, 1.82) is 0 Å². The first-order valence-electron chi connectivity index (χ1n) is 9.69. The van der Waals surface area contributed by atoms with Gasteiger partial charge >= 0.3 is 12.1 Å². The van der Waals surface area contributed by atoms with E-state index in [2.05, 4.69) is 25.6 Å². The highest BCUT2D eigenvalue weighted by Gasteiger charge is 2.31. The quantitative estimate of drug-likeness (QED) is 0.384. The van der Waals surface area contributed by atoms with Crippen LogP contribution in [0, 0.1) is 5.92 Å². The van der Waals surface area contributed by atoms with Gasteiger partial charge in [0.05, 0.1) is 22.8 Å². The predicted octanol–water partition coefficient (Wildman–Crippen LogP) is 5.43. The first-order valence-corrected chi connectivity index (χ1v) is 10.1. The van der Waals surface area contributed by atoms with Crippen molar-refractivity contribution in [3.8, 4) is 0 Å². The molecule has 3 aromatic rings. The molecular formula is C21H20ClF3N6O2. The van der Waals surface area contributed by atoms with Crippen LogP contribution >= 0.6 is 11.6 Å². The highest BCUT2D eigenvalue weighted by atomic mass is 35.5. The van der Waals surface area contributed by atoms with Crippen LogP contribution in [0.3, 0.4) is 0 Å². The zero-order valence-corrected chi connectivity index (χ0v) is 18.3. The molecule has 0 bridgehead atoms. The molecule has 4 N–H and O–H groups in total. The average molecular weight is 481 g/mol. The van der Waals surface area contributed by atoms with Gasteiger partial charge in [0.2, 0.25) is 0 Å². The monoisotopic (exact) mass is 480 g/mol. The van der Waals surface area contributed by atoms with Crippen LogP contribution in [0.2, 0.25) is 5.02 Å². The van der Waals surface area contributed by atoms with Crippen molar-refractivity contribution in [2.24, 2.45) is 5.92 Å². The molecule has 8 nitrogen and oxygen atoms in total. The average Bonchev–Trinajstić information content (AvgIpc) is 2.76. The molecule has 0 atom stereocenters. The summed E-state index contributed by atoms with van der Waals surface area (Å²) in [6, 6.07) is 7.23. The van der Waals surface area contributed by atoms with Gasteiger partial charge in [0.1, 0.15) is 17.8 Å². The number of nitrogen functional groups attached to an aromatic ring is 1. The lowest BCUT2D eigenvalue weighted by atomic mass is 10.2. The number of hydrogen-bond acceptors (Lipinski definition) is 8. The number of rotatable bonds is 7. The Bertz CT molecular complexity index is 1140. The second kappa shape index (κ2) is 9.90. The van der Waals surface area contributed by atoms with E-state index in [0.717, 1.165) is 6.07 Å². The van der Waals surface area contributed by atoms with Crippen molar-refractivity contribution in [3.63, 3.8) is 0 Å². The molecule has 12 heteroatoms. The number of aromatic nitrogens is 3. The molecule has 0 aliphatic carbocycles. The highest BCUT2D eigenvalue weighted by molar-refractivity contribution is 6.33. The van der Waals surface area contributed by atoms with Crippen LogP contribution in [0.15, 0.2) is 42.9 Å². The molecule has 0 saturated carbocycles. The second-order valence-electron chi connectivity index (χ2n) is 7.36. The maximum Gasteiger partial charge on any atom is 0.417 e. The Balaban J connectivity index is 1.74. The minimum absolute atomic E-state index is 0.0507. The van der Waals surface area contributed by atoms with Crippen molar-refractivity contribution in [1.82, 2.24) is 15.0 Å². The number of nitrogens with zero attached hydrogens (tertiary/aromatic N) is 3. The number of carbonyl (C=O) groups is 1. The van der Waals surface area contributed by atoms with Gasteiger partial charge in [0.15, 0.2) is 11.6 Å². The number of nitrogens with one attached hydrogen (secondary N) is 2. The Labute approximate surface area is 192 Å². The van der Waals surface area contributed by atoms with E-state index in [0.29, 0.717) is 24.1 Å². The number of esters is 1. The topological polar surface area (TPSA) is 115 Å². The second-order valence-corrected chi connectivity index (χ2v) is 7.76. The third-order valence-corrected chi connectivity index (χ3v) is 4.51. The predicted molar refractivity (Wildman–Crippen MR) is 119 cm³/mol. The molecule has 0 aliphatic heterocycles. The molecule has 0 aliphatic rings. The van der Waals surface area contributed by atoms with E-state index in [1.54, 1.807) is 24.3 Å². The Morgan fingerprint density at radius 1 is 1.09 bits per heavy atom. The van der Waals surface area contributed by atoms with Crippen LogP contribution < -0.4 is 16.4 Å². The SMILES string of the molecule is CC(C)COC(=O)c1ccc(Nc2ncnc(Nc3ncc(C(F)(F)F)cc3Cl)c2N)cc1. The fourth-order valence-corrected chi connectivity index (χ4v) is 2.76. The Kier molecular flexibility index (Phi) is 7.22. The van der Waals surface area contributed by atoms with Crippen LogP contribution in [0.5, 0.6) is 0 Å². The van der Waals surface area contributed by atoms with Crippen LogP contribution in [0.25, 0.3) is 0 Å². The third-order valence-electron chi connectivity index (χ3n) is 4.22. The number of nitrogens with two attached hydrogens (primary N) is 1. The third kappa shape index (κ3) is 6.22. The van der Waals surface area contributed by atoms with Crippen molar-refractivity contribution in [2.75, 3.05) is 23.0 Å². The van der Waals surface area contributed by atoms with Gasteiger partial charge in [-0.1, -0.05) is 25.4 Å². The summed E-state index contributed by atoms with van der Waals surface area (Å²) < 4.78 is 43.6. The van der Waals surface area contributed by atoms with Crippen LogP contribution in [0.4, 0.5) is 42.0 Å². The lowest BCUT2D eigenvalue weighted by Crippen LogP contribution is -2.10. The zero-order chi connectivity index (χ0) is 24.2. The summed E-state index contributed by atoms with van der Waals surface area (Å²) in [6.45, 7) is 4.21. The Morgan fingerprint density at radius 3 is 2.30 bits per heavy atom. The first kappa shape index (κ1) is 24.1. The van der Waals surface area contributed by atoms with Gasteiger partial charge in [-0.2, -0.15) is 13.2 Å². The molecular weight excluding hydrogens is 461 g/mol. The lowest BCUT2D eigenvalue weighted by Gasteiger charge is -2.14. The summed E-state index contributed by atoms with van der Waals surface area (Å²) in [4.78, 5) is 23.8. The van der Waals surface area contributed by atoms with Gasteiger partial charge in [-0.3, -0.25) is 0 Å². The Morgan fingerprint density at radius 2 is 1.73 bits per heavy atom. The molecule has 0 fully saturated rings. The van der Waals surface area contributed by atoms with Crippen molar-refractivity contribution < 1.29 is 22.7 Å². The fraction of sp³-hybridized carbons (Fsp3) is 0.238. The van der Waals surface area contributed by atoms with Crippen LogP contribution in [-0.2, 0) is 10.9 Å². The van der Waals surface area contributed by atoms with E-state index in [4.69, 9.17) is 22.1 Å². The van der Waals surface area contributed by atoms with E-state index < -0.39 is 17.7 Å². The van der Waals surface area contributed by atoms with Crippen molar-refractivity contribution >= 4 is 46.4 Å². The summed E-state index contributed by atoms with van der Waals surface area (Å²) in [7, 11) is 0. The van der Waals surface area contributed by atoms with Crippen molar-refractivity contribution in [2.45, 2.75) is 20.0 Å². The smallest absolute Gasteiger partial charge is 0.417 e. The summed E-state index contributed by atoms with van der Waals surface area (Å²) >= 11 is 5.92. The van der Waals surface area contributed by atoms with Gasteiger partial charge in [0.25, 0.3) is 0 Å². The maximum absolute atomic E-state index is 12.8. The van der Waals surface area contributed by atoms with E-state index in [1.807, 2.05) is 13.8 Å². The molecule has 0 radical (unpaired) electrons. The summed E-state index contributed by atoms with van der Waals surface area (Å²) in [6.07, 6.45) is -2.71. The molecule has 1 aromatic carbocycles. The normalized spacial score (nSPS) is 11.4. The number of hydrogen-bond donors (Lipinski definition) is 3. The minimum Gasteiger partial charge on any atom is -0.462 e. The molecule has 174 valence electrons. The van der Waals surface area contributed by atoms with E-state index in [1.165, 1.54) is 6.33 Å². The minimum atomic E-state index is -4.57. The number of pyridine rings is 1. The zero-order valence-electron chi connectivity index (χ0n) is 17.6. The molecule has 3 rings (SSSR count). The van der Waals surface area contributed by atoms with E-state index in [9.17, 15) is 18.0 Å². The number of alkyl halides is 3. The number of carbonyl (C=O) groups excluding carboxylic acids is 1. The number of halogens is 4. The van der Waals surface area contributed by atoms with Gasteiger partial charge < -0.3 is 21.1 Å². The summed E-state index contributed by atoms with van der Waals surface area (Å²) in [5.41, 5.74) is 6.17. The standard InChI is InChI=1S/C21H20ClF3N6O2/c1-11(2)9-33-20(32)12-3-5-14(6-4-12)30-18-16(26)19(29-10-28-18)31-17-15(22)7-13(8-27-17)21(23,24)25/h3-8,10-11H,9,26H2,1-2H3,(H2,27,28,29,30,31). The number of benzene rings is 1. The molecule has 0 unspecified atom stereocenters. The largest absolute Gasteiger partial charge is 0.462 e. The Hall–Kier alpha value is -3.60.